The lowest BCUT2D eigenvalue weighted by Gasteiger charge is -2.18. The number of aliphatic carboxylic acids is 1. The van der Waals surface area contributed by atoms with Crippen LogP contribution in [0.4, 0.5) is 0 Å². The summed E-state index contributed by atoms with van der Waals surface area (Å²) in [6.07, 6.45) is 56.8. The number of hydrogen-bond acceptors (Lipinski definition) is 8. The molecule has 0 radical (unpaired) electrons. The van der Waals surface area contributed by atoms with Gasteiger partial charge < -0.3 is 25.2 Å². The number of ether oxygens (including phenoxy) is 1. The van der Waals surface area contributed by atoms with Crippen molar-refractivity contribution in [2.24, 2.45) is 0 Å². The zero-order chi connectivity index (χ0) is 45.6. The van der Waals surface area contributed by atoms with Gasteiger partial charge in [0.05, 0.1) is 13.2 Å². The van der Waals surface area contributed by atoms with Crippen LogP contribution in [-0.4, -0.2) is 64.9 Å². The average molecular weight is 886 g/mol. The second-order valence-electron chi connectivity index (χ2n) is 14.9. The summed E-state index contributed by atoms with van der Waals surface area (Å²) in [5, 5.41) is 21.8. The first-order chi connectivity index (χ1) is 30.1. The number of aliphatic hydroxyl groups excluding tert-OH is 1. The van der Waals surface area contributed by atoms with Crippen LogP contribution in [0.5, 0.6) is 0 Å². The molecule has 1 amide bonds. The monoisotopic (exact) mass is 886 g/mol. The molecule has 0 aromatic heterocycles. The molecule has 0 bridgehead atoms. The van der Waals surface area contributed by atoms with Crippen molar-refractivity contribution in [3.05, 3.63) is 109 Å². The number of aliphatic hydroxyl groups is 1. The molecule has 0 fully saturated rings. The molecule has 11 nitrogen and oxygen atoms in total. The Labute approximate surface area is 374 Å². The molecule has 0 saturated heterocycles. The number of carbonyl (C=O) groups excluding carboxylic acids is 2. The Hall–Kier alpha value is -3.86. The molecule has 3 atom stereocenters. The van der Waals surface area contributed by atoms with Gasteiger partial charge in [-0.25, -0.2) is 9.36 Å². The molecule has 0 aliphatic heterocycles. The van der Waals surface area contributed by atoms with Gasteiger partial charge in [0.15, 0.2) is 6.04 Å². The van der Waals surface area contributed by atoms with Gasteiger partial charge in [0, 0.05) is 12.8 Å². The van der Waals surface area contributed by atoms with Gasteiger partial charge in [-0.05, 0) is 103 Å². The summed E-state index contributed by atoms with van der Waals surface area (Å²) in [4.78, 5) is 46.0. The molecule has 0 aromatic carbocycles. The Balaban J connectivity index is 4.02. The Morgan fingerprint density at radius 1 is 0.532 bits per heavy atom. The highest BCUT2D eigenvalue weighted by Gasteiger charge is 2.28. The highest BCUT2D eigenvalue weighted by atomic mass is 31.2. The predicted molar refractivity (Wildman–Crippen MR) is 253 cm³/mol. The number of esters is 1. The van der Waals surface area contributed by atoms with Crippen LogP contribution in [0.2, 0.25) is 0 Å². The van der Waals surface area contributed by atoms with Crippen LogP contribution in [0.15, 0.2) is 109 Å². The third-order valence-corrected chi connectivity index (χ3v) is 10.00. The first-order valence-electron chi connectivity index (χ1n) is 22.9. The molecule has 350 valence electrons. The number of amides is 1. The predicted octanol–water partition coefficient (Wildman–Crippen LogP) is 12.2. The number of hydrogen-bond donors (Lipinski definition) is 4. The summed E-state index contributed by atoms with van der Waals surface area (Å²) in [6, 6.07) is -1.58. The molecular weight excluding hydrogens is 806 g/mol. The maximum atomic E-state index is 12.3. The number of nitrogens with one attached hydrogen (secondary N) is 1. The van der Waals surface area contributed by atoms with E-state index in [0.717, 1.165) is 89.9 Å². The van der Waals surface area contributed by atoms with Crippen LogP contribution >= 0.6 is 7.82 Å². The van der Waals surface area contributed by atoms with Gasteiger partial charge in [-0.1, -0.05) is 149 Å². The molecule has 0 aliphatic carbocycles. The number of carboxylic acid groups (broad SMARTS) is 1. The fraction of sp³-hybridized carbons (Fsp3) is 0.580. The summed E-state index contributed by atoms with van der Waals surface area (Å²) in [5.74, 6) is -2.47. The topological polar surface area (TPSA) is 169 Å². The van der Waals surface area contributed by atoms with Gasteiger partial charge in [0.1, 0.15) is 12.7 Å². The Morgan fingerprint density at radius 3 is 1.37 bits per heavy atom. The second kappa shape index (κ2) is 43.8. The zero-order valence-electron chi connectivity index (χ0n) is 37.9. The number of carboxylic acids is 1. The number of phosphoric ester groups is 1. The van der Waals surface area contributed by atoms with E-state index in [1.165, 1.54) is 25.7 Å². The minimum Gasteiger partial charge on any atom is -0.480 e. The van der Waals surface area contributed by atoms with Crippen molar-refractivity contribution in [2.45, 2.75) is 167 Å². The lowest BCUT2D eigenvalue weighted by molar-refractivity contribution is -0.147. The Morgan fingerprint density at radius 2 is 0.935 bits per heavy atom. The van der Waals surface area contributed by atoms with Gasteiger partial charge in [0.25, 0.3) is 0 Å². The molecule has 0 spiro atoms. The molecule has 12 heteroatoms. The van der Waals surface area contributed by atoms with Crippen molar-refractivity contribution in [3.8, 4) is 0 Å². The number of unbranched alkanes of at least 4 members (excludes halogenated alkanes) is 9. The minimum atomic E-state index is -4.78. The molecule has 0 rings (SSSR count). The van der Waals surface area contributed by atoms with Crippen LogP contribution in [0, 0.1) is 0 Å². The van der Waals surface area contributed by atoms with E-state index in [1.54, 1.807) is 0 Å². The summed E-state index contributed by atoms with van der Waals surface area (Å²) in [5.41, 5.74) is 0. The van der Waals surface area contributed by atoms with Crippen LogP contribution in [0.25, 0.3) is 0 Å². The average Bonchev–Trinajstić information content (AvgIpc) is 3.25. The first kappa shape index (κ1) is 58.1. The van der Waals surface area contributed by atoms with Gasteiger partial charge in [-0.15, -0.1) is 0 Å². The van der Waals surface area contributed by atoms with E-state index in [0.29, 0.717) is 12.8 Å². The minimum absolute atomic E-state index is 0.0970. The highest BCUT2D eigenvalue weighted by Crippen LogP contribution is 2.43. The fourth-order valence-corrected chi connectivity index (χ4v) is 6.27. The third-order valence-electron chi connectivity index (χ3n) is 9.05. The molecule has 0 aliphatic rings. The summed E-state index contributed by atoms with van der Waals surface area (Å²) in [6.45, 7) is 2.38. The van der Waals surface area contributed by atoms with Crippen molar-refractivity contribution in [2.75, 3.05) is 19.8 Å². The van der Waals surface area contributed by atoms with Crippen LogP contribution in [0.3, 0.4) is 0 Å². The second-order valence-corrected chi connectivity index (χ2v) is 16.3. The largest absolute Gasteiger partial charge is 0.480 e. The van der Waals surface area contributed by atoms with Gasteiger partial charge in [-0.2, -0.15) is 0 Å². The van der Waals surface area contributed by atoms with Gasteiger partial charge >= 0.3 is 19.8 Å². The van der Waals surface area contributed by atoms with E-state index in [-0.39, 0.29) is 12.8 Å². The van der Waals surface area contributed by atoms with Crippen molar-refractivity contribution in [1.82, 2.24) is 5.32 Å². The van der Waals surface area contributed by atoms with Crippen molar-refractivity contribution >= 4 is 25.7 Å². The molecule has 62 heavy (non-hydrogen) atoms. The number of carbonyl (C=O) groups is 3. The van der Waals surface area contributed by atoms with E-state index in [4.69, 9.17) is 13.8 Å². The van der Waals surface area contributed by atoms with E-state index < -0.39 is 57.6 Å². The molecule has 0 heterocycles. The van der Waals surface area contributed by atoms with Gasteiger partial charge in [0.2, 0.25) is 5.91 Å². The molecule has 4 N–H and O–H groups in total. The maximum absolute atomic E-state index is 12.3. The lowest BCUT2D eigenvalue weighted by atomic mass is 10.1. The number of rotatable bonds is 41. The third kappa shape index (κ3) is 42.8. The van der Waals surface area contributed by atoms with Crippen LogP contribution < -0.4 is 5.32 Å². The molecule has 0 aromatic rings. The lowest BCUT2D eigenvalue weighted by Crippen LogP contribution is -2.43. The Kier molecular flexibility index (Phi) is 41.0. The SMILES string of the molecule is CC/C=C\C/C=C\C/C=C\C/C=C\C/C=C\CCCCCC(=O)NC(COP(=O)(O)OCC(O)COC(=O)CCCCC/C=C\C/C=C\C/C=C\C/C=C\CCCCC)C(=O)O. The summed E-state index contributed by atoms with van der Waals surface area (Å²) in [7, 11) is -4.78. The van der Waals surface area contributed by atoms with E-state index in [1.807, 2.05) is 0 Å². The summed E-state index contributed by atoms with van der Waals surface area (Å²) < 4.78 is 26.8. The standard InChI is InChI=1S/C50H80NO10P/c1-3-5-7-9-11-13-15-17-19-21-23-25-27-29-31-33-35-37-39-41-48(53)51-47(50(55)56)45-61-62(57,58)60-44-46(52)43-59-49(54)42-40-38-36-34-32-30-28-26-24-22-20-18-16-14-12-10-8-6-4-2/h5,7,11-14,17-20,23-26,29-32,46-47,52H,3-4,6,8-10,15-16,21-22,27-28,33-45H2,1-2H3,(H,51,53)(H,55,56)(H,57,58)/b7-5-,13-11-,14-12-,19-17-,20-18-,25-23-,26-24-,31-29-,32-30-. The van der Waals surface area contributed by atoms with E-state index >= 15 is 0 Å². The quantitative estimate of drug-likeness (QED) is 0.0201. The zero-order valence-corrected chi connectivity index (χ0v) is 38.8. The smallest absolute Gasteiger partial charge is 0.472 e. The maximum Gasteiger partial charge on any atom is 0.472 e. The Bertz CT molecular complexity index is 1460. The van der Waals surface area contributed by atoms with Crippen molar-refractivity contribution < 1.29 is 47.8 Å². The van der Waals surface area contributed by atoms with Gasteiger partial charge in [-0.3, -0.25) is 18.6 Å². The van der Waals surface area contributed by atoms with E-state index in [2.05, 4.69) is 129 Å². The molecule has 3 unspecified atom stereocenters. The molecule has 0 saturated carbocycles. The van der Waals surface area contributed by atoms with Crippen LogP contribution in [0.1, 0.15) is 155 Å². The van der Waals surface area contributed by atoms with Crippen LogP contribution in [-0.2, 0) is 32.7 Å². The molecular formula is C50H80NO10P. The van der Waals surface area contributed by atoms with E-state index in [9.17, 15) is 34.1 Å². The number of phosphoric acid groups is 1. The highest BCUT2D eigenvalue weighted by molar-refractivity contribution is 7.47. The normalized spacial score (nSPS) is 14.6. The summed E-state index contributed by atoms with van der Waals surface area (Å²) >= 11 is 0. The van der Waals surface area contributed by atoms with Crippen molar-refractivity contribution in [1.29, 1.82) is 0 Å². The van der Waals surface area contributed by atoms with Crippen molar-refractivity contribution in [3.63, 3.8) is 0 Å². The fourth-order valence-electron chi connectivity index (χ4n) is 5.50. The number of allylic oxidation sites excluding steroid dienone is 18. The first-order valence-corrected chi connectivity index (χ1v) is 24.4.